The van der Waals surface area contributed by atoms with Crippen molar-refractivity contribution in [1.29, 1.82) is 0 Å². The predicted octanol–water partition coefficient (Wildman–Crippen LogP) is 1.08. The number of nitrogens with zero attached hydrogens (tertiary/aromatic N) is 3. The lowest BCUT2D eigenvalue weighted by Crippen LogP contribution is -2.45. The van der Waals surface area contributed by atoms with E-state index < -0.39 is 0 Å². The van der Waals surface area contributed by atoms with Crippen molar-refractivity contribution in [1.82, 2.24) is 15.2 Å². The molecule has 5 nitrogen and oxygen atoms in total. The highest BCUT2D eigenvalue weighted by molar-refractivity contribution is 5.82. The molecule has 1 amide bonds. The summed E-state index contributed by atoms with van der Waals surface area (Å²) in [6.07, 6.45) is 2.17. The first kappa shape index (κ1) is 15.7. The van der Waals surface area contributed by atoms with Crippen LogP contribution in [-0.4, -0.2) is 61.7 Å². The highest BCUT2D eigenvalue weighted by atomic mass is 16.2. The third-order valence-electron chi connectivity index (χ3n) is 3.73. The largest absolute Gasteiger partial charge is 0.304 e. The Hall–Kier alpha value is -1.72. The van der Waals surface area contributed by atoms with Crippen molar-refractivity contribution >= 4 is 12.1 Å². The van der Waals surface area contributed by atoms with E-state index in [2.05, 4.69) is 27.4 Å². The molecule has 1 aromatic rings. The van der Waals surface area contributed by atoms with Crippen LogP contribution in [0, 0.1) is 6.92 Å². The molecule has 0 aromatic heterocycles. The van der Waals surface area contributed by atoms with Crippen molar-refractivity contribution in [2.45, 2.75) is 13.3 Å². The van der Waals surface area contributed by atoms with Crippen LogP contribution in [-0.2, 0) is 4.79 Å². The van der Waals surface area contributed by atoms with Crippen LogP contribution in [0.15, 0.2) is 29.4 Å². The Kier molecular flexibility index (Phi) is 5.90. The summed E-state index contributed by atoms with van der Waals surface area (Å²) in [6, 6.07) is 8.01. The number of amides is 1. The van der Waals surface area contributed by atoms with Crippen LogP contribution in [0.3, 0.4) is 0 Å². The van der Waals surface area contributed by atoms with Gasteiger partial charge in [-0.2, -0.15) is 5.10 Å². The van der Waals surface area contributed by atoms with Crippen molar-refractivity contribution in [2.24, 2.45) is 5.10 Å². The molecule has 1 aliphatic rings. The first-order valence-electron chi connectivity index (χ1n) is 7.43. The third kappa shape index (κ3) is 5.65. The normalized spacial score (nSPS) is 17.2. The Balaban J connectivity index is 1.66. The maximum atomic E-state index is 11.7. The van der Waals surface area contributed by atoms with Crippen molar-refractivity contribution in [3.63, 3.8) is 0 Å². The van der Waals surface area contributed by atoms with E-state index in [1.54, 1.807) is 6.21 Å². The lowest BCUT2D eigenvalue weighted by atomic mass is 10.2. The van der Waals surface area contributed by atoms with E-state index in [-0.39, 0.29) is 5.91 Å². The molecule has 1 aliphatic heterocycles. The molecule has 21 heavy (non-hydrogen) atoms. The topological polar surface area (TPSA) is 47.9 Å². The summed E-state index contributed by atoms with van der Waals surface area (Å²) in [7, 11) is 2.13. The summed E-state index contributed by atoms with van der Waals surface area (Å²) in [5.41, 5.74) is 4.79. The van der Waals surface area contributed by atoms with Gasteiger partial charge >= 0.3 is 0 Å². The van der Waals surface area contributed by atoms with Gasteiger partial charge in [-0.15, -0.1) is 0 Å². The molecule has 1 N–H and O–H groups in total. The average molecular weight is 288 g/mol. The van der Waals surface area contributed by atoms with E-state index in [1.165, 1.54) is 5.56 Å². The summed E-state index contributed by atoms with van der Waals surface area (Å²) in [5, 5.41) is 4.00. The Morgan fingerprint density at radius 3 is 2.57 bits per heavy atom. The molecular formula is C16H24N4O. The molecule has 0 aliphatic carbocycles. The van der Waals surface area contributed by atoms with Gasteiger partial charge in [0, 0.05) is 39.1 Å². The quantitative estimate of drug-likeness (QED) is 0.651. The van der Waals surface area contributed by atoms with Crippen LogP contribution in [0.1, 0.15) is 17.5 Å². The Labute approximate surface area is 126 Å². The molecule has 1 aromatic carbocycles. The molecule has 5 heteroatoms. The zero-order chi connectivity index (χ0) is 15.1. The number of rotatable bonds is 5. The number of hydrazone groups is 1. The summed E-state index contributed by atoms with van der Waals surface area (Å²) in [5.74, 6) is -0.0303. The van der Waals surface area contributed by atoms with Gasteiger partial charge in [0.05, 0.1) is 6.21 Å². The van der Waals surface area contributed by atoms with Crippen LogP contribution in [0.2, 0.25) is 0 Å². The smallest absolute Gasteiger partial charge is 0.241 e. The lowest BCUT2D eigenvalue weighted by Gasteiger charge is -2.32. The fraction of sp³-hybridized carbons (Fsp3) is 0.500. The number of hydrogen-bond acceptors (Lipinski definition) is 4. The second-order valence-electron chi connectivity index (χ2n) is 5.60. The van der Waals surface area contributed by atoms with Crippen molar-refractivity contribution < 1.29 is 4.79 Å². The van der Waals surface area contributed by atoms with Crippen LogP contribution in [0.4, 0.5) is 0 Å². The summed E-state index contributed by atoms with van der Waals surface area (Å²) in [4.78, 5) is 16.4. The highest BCUT2D eigenvalue weighted by Gasteiger charge is 2.14. The SMILES string of the molecule is Cc1ccc(C=NNC(=O)CCN2CCN(C)CC2)cc1. The molecule has 2 rings (SSSR count). The molecule has 1 saturated heterocycles. The number of nitrogens with one attached hydrogen (secondary N) is 1. The first-order chi connectivity index (χ1) is 10.1. The van der Waals surface area contributed by atoms with Gasteiger partial charge in [-0.25, -0.2) is 5.43 Å². The third-order valence-corrected chi connectivity index (χ3v) is 3.73. The number of piperazine rings is 1. The molecular weight excluding hydrogens is 264 g/mol. The molecule has 0 atom stereocenters. The molecule has 0 spiro atoms. The van der Waals surface area contributed by atoms with E-state index in [9.17, 15) is 4.79 Å². The van der Waals surface area contributed by atoms with Gasteiger partial charge in [0.2, 0.25) is 5.91 Å². The summed E-state index contributed by atoms with van der Waals surface area (Å²) < 4.78 is 0. The van der Waals surface area contributed by atoms with Crippen LogP contribution in [0.5, 0.6) is 0 Å². The van der Waals surface area contributed by atoms with Gasteiger partial charge in [-0.05, 0) is 19.5 Å². The Bertz CT molecular complexity index is 476. The maximum Gasteiger partial charge on any atom is 0.241 e. The van der Waals surface area contributed by atoms with Crippen molar-refractivity contribution in [3.05, 3.63) is 35.4 Å². The van der Waals surface area contributed by atoms with Gasteiger partial charge in [0.15, 0.2) is 0 Å². The number of benzene rings is 1. The van der Waals surface area contributed by atoms with Gasteiger partial charge in [0.1, 0.15) is 0 Å². The summed E-state index contributed by atoms with van der Waals surface area (Å²) >= 11 is 0. The minimum atomic E-state index is -0.0303. The van der Waals surface area contributed by atoms with Crippen LogP contribution in [0.25, 0.3) is 0 Å². The predicted molar refractivity (Wildman–Crippen MR) is 85.5 cm³/mol. The number of hydrogen-bond donors (Lipinski definition) is 1. The molecule has 0 unspecified atom stereocenters. The van der Waals surface area contributed by atoms with E-state index >= 15 is 0 Å². The molecule has 0 bridgehead atoms. The van der Waals surface area contributed by atoms with Gasteiger partial charge in [0.25, 0.3) is 0 Å². The standard InChI is InChI=1S/C16H24N4O/c1-14-3-5-15(6-4-14)13-17-18-16(21)7-8-20-11-9-19(2)10-12-20/h3-6,13H,7-12H2,1-2H3,(H,18,21). The molecule has 114 valence electrons. The second-order valence-corrected chi connectivity index (χ2v) is 5.60. The van der Waals surface area contributed by atoms with Crippen molar-refractivity contribution in [3.8, 4) is 0 Å². The van der Waals surface area contributed by atoms with Gasteiger partial charge in [-0.3, -0.25) is 4.79 Å². The molecule has 0 saturated carbocycles. The van der Waals surface area contributed by atoms with Crippen molar-refractivity contribution in [2.75, 3.05) is 39.8 Å². The average Bonchev–Trinajstić information content (AvgIpc) is 2.49. The van der Waals surface area contributed by atoms with Gasteiger partial charge < -0.3 is 9.80 Å². The number of aryl methyl sites for hydroxylation is 1. The Morgan fingerprint density at radius 1 is 1.24 bits per heavy atom. The number of likely N-dealkylation sites (N-methyl/N-ethyl adjacent to an activating group) is 1. The second kappa shape index (κ2) is 7.90. The van der Waals surface area contributed by atoms with E-state index in [4.69, 9.17) is 0 Å². The lowest BCUT2D eigenvalue weighted by molar-refractivity contribution is -0.121. The zero-order valence-corrected chi connectivity index (χ0v) is 12.9. The Morgan fingerprint density at radius 2 is 1.90 bits per heavy atom. The minimum absolute atomic E-state index is 0.0303. The highest BCUT2D eigenvalue weighted by Crippen LogP contribution is 2.01. The zero-order valence-electron chi connectivity index (χ0n) is 12.9. The maximum absolute atomic E-state index is 11.7. The fourth-order valence-electron chi connectivity index (χ4n) is 2.22. The van der Waals surface area contributed by atoms with E-state index in [0.29, 0.717) is 6.42 Å². The van der Waals surface area contributed by atoms with E-state index in [0.717, 1.165) is 38.3 Å². The number of carbonyl (C=O) groups is 1. The molecule has 1 fully saturated rings. The number of carbonyl (C=O) groups excluding carboxylic acids is 1. The van der Waals surface area contributed by atoms with E-state index in [1.807, 2.05) is 31.2 Å². The van der Waals surface area contributed by atoms with Crippen LogP contribution >= 0.6 is 0 Å². The van der Waals surface area contributed by atoms with Gasteiger partial charge in [-0.1, -0.05) is 29.8 Å². The first-order valence-corrected chi connectivity index (χ1v) is 7.43. The minimum Gasteiger partial charge on any atom is -0.304 e. The molecule has 0 radical (unpaired) electrons. The fourth-order valence-corrected chi connectivity index (χ4v) is 2.22. The van der Waals surface area contributed by atoms with Crippen LogP contribution < -0.4 is 5.43 Å². The molecule has 1 heterocycles. The summed E-state index contributed by atoms with van der Waals surface area (Å²) in [6.45, 7) is 7.08. The monoisotopic (exact) mass is 288 g/mol.